The van der Waals surface area contributed by atoms with E-state index in [4.69, 9.17) is 5.11 Å². The van der Waals surface area contributed by atoms with Crippen molar-refractivity contribution >= 4 is 12.0 Å². The van der Waals surface area contributed by atoms with Crippen molar-refractivity contribution in [1.82, 2.24) is 4.90 Å². The summed E-state index contributed by atoms with van der Waals surface area (Å²) in [4.78, 5) is 6.40. The van der Waals surface area contributed by atoms with E-state index in [2.05, 4.69) is 37.9 Å². The van der Waals surface area contributed by atoms with E-state index in [0.29, 0.717) is 6.54 Å². The first-order valence-electron chi connectivity index (χ1n) is 6.20. The lowest BCUT2D eigenvalue weighted by atomic mass is 10.1. The molecule has 0 fully saturated rings. The Hall–Kier alpha value is -1.61. The normalized spacial score (nSPS) is 11.6. The highest BCUT2D eigenvalue weighted by Gasteiger charge is 2.02. The molecule has 1 N–H and O–H groups in total. The highest BCUT2D eigenvalue weighted by molar-refractivity contribution is 5.66. The van der Waals surface area contributed by atoms with Crippen LogP contribution >= 0.6 is 0 Å². The number of allylic oxidation sites excluding steroid dienone is 1. The summed E-state index contributed by atoms with van der Waals surface area (Å²) in [6, 6.07) is 4.26. The van der Waals surface area contributed by atoms with Crippen LogP contribution in [0.1, 0.15) is 23.6 Å². The van der Waals surface area contributed by atoms with Crippen LogP contribution in [0.25, 0.3) is 0 Å². The SMILES string of the molecule is C/C=C\N(C=Nc1c(C)cc(C)cc1C)CCO. The number of rotatable bonds is 5. The Labute approximate surface area is 109 Å². The van der Waals surface area contributed by atoms with Crippen LogP contribution in [0.2, 0.25) is 0 Å². The van der Waals surface area contributed by atoms with Gasteiger partial charge in [-0.1, -0.05) is 23.8 Å². The van der Waals surface area contributed by atoms with Crippen molar-refractivity contribution in [3.63, 3.8) is 0 Å². The predicted molar refractivity (Wildman–Crippen MR) is 77.4 cm³/mol. The van der Waals surface area contributed by atoms with E-state index in [0.717, 1.165) is 5.69 Å². The summed E-state index contributed by atoms with van der Waals surface area (Å²) in [7, 11) is 0. The summed E-state index contributed by atoms with van der Waals surface area (Å²) in [5.74, 6) is 0. The molecule has 0 spiro atoms. The molecule has 0 aliphatic heterocycles. The molecule has 1 aromatic rings. The van der Waals surface area contributed by atoms with Gasteiger partial charge in [-0.25, -0.2) is 4.99 Å². The molecular weight excluding hydrogens is 224 g/mol. The third-order valence-electron chi connectivity index (χ3n) is 2.67. The second-order valence-electron chi connectivity index (χ2n) is 4.44. The summed E-state index contributed by atoms with van der Waals surface area (Å²) in [5.41, 5.74) is 4.61. The number of nitrogens with zero attached hydrogens (tertiary/aromatic N) is 2. The van der Waals surface area contributed by atoms with Crippen LogP contribution in [0.4, 0.5) is 5.69 Å². The van der Waals surface area contributed by atoms with E-state index in [1.165, 1.54) is 16.7 Å². The summed E-state index contributed by atoms with van der Waals surface area (Å²) in [6.45, 7) is 8.84. The zero-order valence-electron chi connectivity index (χ0n) is 11.6. The molecule has 0 amide bonds. The third kappa shape index (κ3) is 4.00. The maximum Gasteiger partial charge on any atom is 0.0953 e. The molecule has 0 aliphatic rings. The largest absolute Gasteiger partial charge is 0.395 e. The number of aliphatic imine (C=N–C) groups is 1. The van der Waals surface area contributed by atoms with Gasteiger partial charge in [-0.2, -0.15) is 0 Å². The van der Waals surface area contributed by atoms with Gasteiger partial charge < -0.3 is 10.0 Å². The number of benzene rings is 1. The minimum Gasteiger partial charge on any atom is -0.395 e. The summed E-state index contributed by atoms with van der Waals surface area (Å²) in [6.07, 6.45) is 5.59. The van der Waals surface area contributed by atoms with E-state index in [9.17, 15) is 0 Å². The number of hydrogen-bond acceptors (Lipinski definition) is 2. The van der Waals surface area contributed by atoms with Crippen molar-refractivity contribution < 1.29 is 5.11 Å². The third-order valence-corrected chi connectivity index (χ3v) is 2.67. The number of aliphatic hydroxyl groups is 1. The number of hydrogen-bond donors (Lipinski definition) is 1. The second kappa shape index (κ2) is 6.97. The molecular formula is C15H22N2O. The fourth-order valence-electron chi connectivity index (χ4n) is 1.99. The van der Waals surface area contributed by atoms with Gasteiger partial charge in [0.25, 0.3) is 0 Å². The Morgan fingerprint density at radius 3 is 2.33 bits per heavy atom. The maximum absolute atomic E-state index is 8.97. The topological polar surface area (TPSA) is 35.8 Å². The Morgan fingerprint density at radius 2 is 1.83 bits per heavy atom. The predicted octanol–water partition coefficient (Wildman–Crippen LogP) is 3.10. The van der Waals surface area contributed by atoms with Gasteiger partial charge in [-0.15, -0.1) is 0 Å². The Balaban J connectivity index is 2.95. The van der Waals surface area contributed by atoms with E-state index in [-0.39, 0.29) is 6.61 Å². The van der Waals surface area contributed by atoms with E-state index >= 15 is 0 Å². The zero-order chi connectivity index (χ0) is 13.5. The van der Waals surface area contributed by atoms with Crippen LogP contribution in [0.5, 0.6) is 0 Å². The standard InChI is InChI=1S/C15H22N2O/c1-5-6-17(7-8-18)11-16-15-13(3)9-12(2)10-14(15)4/h5-6,9-11,18H,7-8H2,1-4H3/b6-5-,16-11?. The molecule has 0 bridgehead atoms. The summed E-state index contributed by atoms with van der Waals surface area (Å²) >= 11 is 0. The lowest BCUT2D eigenvalue weighted by Gasteiger charge is -2.13. The van der Waals surface area contributed by atoms with Gasteiger partial charge in [0.15, 0.2) is 0 Å². The Bertz CT molecular complexity index is 427. The molecule has 0 unspecified atom stereocenters. The molecule has 18 heavy (non-hydrogen) atoms. The quantitative estimate of drug-likeness (QED) is 0.640. The fourth-order valence-corrected chi connectivity index (χ4v) is 1.99. The highest BCUT2D eigenvalue weighted by Crippen LogP contribution is 2.24. The average Bonchev–Trinajstić information content (AvgIpc) is 2.28. The molecule has 98 valence electrons. The maximum atomic E-state index is 8.97. The van der Waals surface area contributed by atoms with Crippen LogP contribution in [-0.4, -0.2) is 29.5 Å². The zero-order valence-corrected chi connectivity index (χ0v) is 11.6. The second-order valence-corrected chi connectivity index (χ2v) is 4.44. The summed E-state index contributed by atoms with van der Waals surface area (Å²) < 4.78 is 0. The van der Waals surface area contributed by atoms with Crippen molar-refractivity contribution in [3.8, 4) is 0 Å². The van der Waals surface area contributed by atoms with Gasteiger partial charge in [0.2, 0.25) is 0 Å². The monoisotopic (exact) mass is 246 g/mol. The molecule has 1 aromatic carbocycles. The number of aliphatic hydroxyl groups excluding tert-OH is 1. The van der Waals surface area contributed by atoms with Crippen LogP contribution in [0, 0.1) is 20.8 Å². The molecule has 0 radical (unpaired) electrons. The van der Waals surface area contributed by atoms with Gasteiger partial charge >= 0.3 is 0 Å². The van der Waals surface area contributed by atoms with E-state index in [1.54, 1.807) is 6.34 Å². The van der Waals surface area contributed by atoms with Crippen LogP contribution < -0.4 is 0 Å². The van der Waals surface area contributed by atoms with E-state index in [1.807, 2.05) is 24.1 Å². The first kappa shape index (κ1) is 14.5. The molecule has 1 rings (SSSR count). The van der Waals surface area contributed by atoms with Gasteiger partial charge in [0.1, 0.15) is 0 Å². The van der Waals surface area contributed by atoms with Gasteiger partial charge in [0, 0.05) is 12.7 Å². The molecule has 3 heteroatoms. The Kier molecular flexibility index (Phi) is 5.59. The summed E-state index contributed by atoms with van der Waals surface area (Å²) in [5, 5.41) is 8.97. The minimum absolute atomic E-state index is 0.113. The molecule has 0 saturated carbocycles. The van der Waals surface area contributed by atoms with Crippen molar-refractivity contribution in [2.75, 3.05) is 13.2 Å². The molecule has 0 saturated heterocycles. The molecule has 0 heterocycles. The lowest BCUT2D eigenvalue weighted by Crippen LogP contribution is -2.18. The smallest absolute Gasteiger partial charge is 0.0953 e. The minimum atomic E-state index is 0.113. The molecule has 0 aromatic heterocycles. The van der Waals surface area contributed by atoms with Crippen LogP contribution in [0.3, 0.4) is 0 Å². The van der Waals surface area contributed by atoms with Crippen molar-refractivity contribution in [2.45, 2.75) is 27.7 Å². The van der Waals surface area contributed by atoms with Gasteiger partial charge in [-0.05, 0) is 38.8 Å². The fraction of sp³-hybridized carbons (Fsp3) is 0.400. The first-order valence-corrected chi connectivity index (χ1v) is 6.20. The molecule has 0 aliphatic carbocycles. The van der Waals surface area contributed by atoms with E-state index < -0.39 is 0 Å². The number of aryl methyl sites for hydroxylation is 3. The van der Waals surface area contributed by atoms with Crippen molar-refractivity contribution in [1.29, 1.82) is 0 Å². The van der Waals surface area contributed by atoms with Crippen molar-refractivity contribution in [2.24, 2.45) is 4.99 Å². The van der Waals surface area contributed by atoms with Gasteiger partial charge in [0.05, 0.1) is 18.6 Å². The average molecular weight is 246 g/mol. The molecule has 3 nitrogen and oxygen atoms in total. The van der Waals surface area contributed by atoms with Crippen LogP contribution in [0.15, 0.2) is 29.4 Å². The van der Waals surface area contributed by atoms with Gasteiger partial charge in [-0.3, -0.25) is 0 Å². The Morgan fingerprint density at radius 1 is 1.22 bits per heavy atom. The van der Waals surface area contributed by atoms with Crippen LogP contribution in [-0.2, 0) is 0 Å². The molecule has 0 atom stereocenters. The van der Waals surface area contributed by atoms with Crippen molar-refractivity contribution in [3.05, 3.63) is 41.1 Å². The first-order chi connectivity index (χ1) is 8.58. The lowest BCUT2D eigenvalue weighted by molar-refractivity contribution is 0.273. The highest BCUT2D eigenvalue weighted by atomic mass is 16.3.